The summed E-state index contributed by atoms with van der Waals surface area (Å²) in [6, 6.07) is 8.70. The van der Waals surface area contributed by atoms with E-state index >= 15 is 0 Å². The first-order valence-electron chi connectivity index (χ1n) is 4.85. The van der Waals surface area contributed by atoms with E-state index in [0.717, 1.165) is 0 Å². The van der Waals surface area contributed by atoms with E-state index in [1.165, 1.54) is 12.4 Å². The molecule has 0 atom stereocenters. The van der Waals surface area contributed by atoms with Crippen LogP contribution in [-0.2, 0) is 0 Å². The number of ether oxygens (including phenoxy) is 1. The number of anilines is 2. The van der Waals surface area contributed by atoms with Crippen molar-refractivity contribution in [1.82, 2.24) is 9.97 Å². The second-order valence-corrected chi connectivity index (χ2v) is 3.17. The molecule has 0 bridgehead atoms. The van der Waals surface area contributed by atoms with Crippen molar-refractivity contribution < 1.29 is 9.53 Å². The molecule has 6 heteroatoms. The van der Waals surface area contributed by atoms with E-state index in [2.05, 4.69) is 15.3 Å². The fraction of sp³-hybridized carbons (Fsp3) is 0. The molecule has 1 amide bonds. The number of para-hydroxylation sites is 1. The molecule has 2 aromatic rings. The van der Waals surface area contributed by atoms with E-state index in [4.69, 9.17) is 10.5 Å². The summed E-state index contributed by atoms with van der Waals surface area (Å²) in [4.78, 5) is 19.0. The standard InChI is InChI=1S/C11H10N4O2/c12-8-6-13-10(14-7-8)15-11(16)17-9-4-2-1-3-5-9/h1-7H,12H2,(H,13,14,15,16). The molecule has 1 aromatic carbocycles. The number of nitrogen functional groups attached to an aromatic ring is 1. The van der Waals surface area contributed by atoms with Crippen molar-refractivity contribution in [1.29, 1.82) is 0 Å². The highest BCUT2D eigenvalue weighted by molar-refractivity contribution is 5.84. The molecule has 17 heavy (non-hydrogen) atoms. The molecule has 0 aliphatic carbocycles. The highest BCUT2D eigenvalue weighted by Gasteiger charge is 2.05. The van der Waals surface area contributed by atoms with Gasteiger partial charge in [-0.3, -0.25) is 5.32 Å². The van der Waals surface area contributed by atoms with Crippen molar-refractivity contribution in [2.45, 2.75) is 0 Å². The van der Waals surface area contributed by atoms with Gasteiger partial charge in [0.1, 0.15) is 5.75 Å². The highest BCUT2D eigenvalue weighted by atomic mass is 16.6. The minimum atomic E-state index is -0.652. The fourth-order valence-electron chi connectivity index (χ4n) is 1.11. The summed E-state index contributed by atoms with van der Waals surface area (Å²) >= 11 is 0. The van der Waals surface area contributed by atoms with Gasteiger partial charge in [-0.15, -0.1) is 0 Å². The van der Waals surface area contributed by atoms with Crippen molar-refractivity contribution in [2.24, 2.45) is 0 Å². The molecule has 0 saturated carbocycles. The van der Waals surface area contributed by atoms with Crippen LogP contribution in [0.3, 0.4) is 0 Å². The SMILES string of the molecule is Nc1cnc(NC(=O)Oc2ccccc2)nc1. The third-order valence-electron chi connectivity index (χ3n) is 1.84. The van der Waals surface area contributed by atoms with E-state index in [0.29, 0.717) is 11.4 Å². The Bertz CT molecular complexity index is 499. The van der Waals surface area contributed by atoms with Crippen LogP contribution in [0.15, 0.2) is 42.7 Å². The zero-order valence-electron chi connectivity index (χ0n) is 8.83. The number of hydrogen-bond donors (Lipinski definition) is 2. The number of rotatable bonds is 2. The quantitative estimate of drug-likeness (QED) is 0.818. The number of benzene rings is 1. The lowest BCUT2D eigenvalue weighted by molar-refractivity contribution is 0.215. The molecule has 0 aliphatic rings. The monoisotopic (exact) mass is 230 g/mol. The van der Waals surface area contributed by atoms with E-state index in [1.54, 1.807) is 24.3 Å². The largest absolute Gasteiger partial charge is 0.419 e. The number of aromatic nitrogens is 2. The maximum Gasteiger partial charge on any atom is 0.419 e. The molecule has 86 valence electrons. The lowest BCUT2D eigenvalue weighted by atomic mass is 10.3. The maximum absolute atomic E-state index is 11.4. The average Bonchev–Trinajstić information content (AvgIpc) is 2.33. The Morgan fingerprint density at radius 3 is 2.47 bits per heavy atom. The number of carbonyl (C=O) groups is 1. The van der Waals surface area contributed by atoms with Crippen molar-refractivity contribution in [3.8, 4) is 5.75 Å². The van der Waals surface area contributed by atoms with Gasteiger partial charge >= 0.3 is 6.09 Å². The molecule has 0 fully saturated rings. The summed E-state index contributed by atoms with van der Waals surface area (Å²) in [5, 5.41) is 2.38. The Balaban J connectivity index is 1.96. The third-order valence-corrected chi connectivity index (χ3v) is 1.84. The van der Waals surface area contributed by atoms with Gasteiger partial charge in [0, 0.05) is 0 Å². The lowest BCUT2D eigenvalue weighted by Gasteiger charge is -2.04. The third kappa shape index (κ3) is 3.16. The van der Waals surface area contributed by atoms with Gasteiger partial charge in [-0.05, 0) is 12.1 Å². The topological polar surface area (TPSA) is 90.1 Å². The normalized spacial score (nSPS) is 9.65. The summed E-state index contributed by atoms with van der Waals surface area (Å²) in [5.74, 6) is 0.584. The fourth-order valence-corrected chi connectivity index (χ4v) is 1.11. The van der Waals surface area contributed by atoms with Gasteiger partial charge in [-0.2, -0.15) is 0 Å². The van der Waals surface area contributed by atoms with Gasteiger partial charge in [-0.1, -0.05) is 18.2 Å². The Kier molecular flexibility index (Phi) is 3.15. The van der Waals surface area contributed by atoms with Gasteiger partial charge < -0.3 is 10.5 Å². The molecule has 0 spiro atoms. The van der Waals surface area contributed by atoms with E-state index < -0.39 is 6.09 Å². The van der Waals surface area contributed by atoms with Gasteiger partial charge in [0.05, 0.1) is 18.1 Å². The van der Waals surface area contributed by atoms with Crippen molar-refractivity contribution in [2.75, 3.05) is 11.1 Å². The molecule has 0 unspecified atom stereocenters. The van der Waals surface area contributed by atoms with Crippen LogP contribution in [0.25, 0.3) is 0 Å². The first-order chi connectivity index (χ1) is 8.24. The minimum Gasteiger partial charge on any atom is -0.410 e. The maximum atomic E-state index is 11.4. The predicted octanol–water partition coefficient (Wildman–Crippen LogP) is 1.67. The molecular weight excluding hydrogens is 220 g/mol. The van der Waals surface area contributed by atoms with Crippen molar-refractivity contribution >= 4 is 17.7 Å². The number of nitrogens with one attached hydrogen (secondary N) is 1. The summed E-state index contributed by atoms with van der Waals surface area (Å²) in [7, 11) is 0. The Morgan fingerprint density at radius 1 is 1.18 bits per heavy atom. The van der Waals surface area contributed by atoms with E-state index in [-0.39, 0.29) is 5.95 Å². The van der Waals surface area contributed by atoms with Crippen LogP contribution in [0.1, 0.15) is 0 Å². The average molecular weight is 230 g/mol. The van der Waals surface area contributed by atoms with Crippen molar-refractivity contribution in [3.05, 3.63) is 42.7 Å². The zero-order chi connectivity index (χ0) is 12.1. The summed E-state index contributed by atoms with van der Waals surface area (Å²) in [5.41, 5.74) is 5.84. The minimum absolute atomic E-state index is 0.139. The number of carbonyl (C=O) groups excluding carboxylic acids is 1. The van der Waals surface area contributed by atoms with Crippen LogP contribution in [0.4, 0.5) is 16.4 Å². The van der Waals surface area contributed by atoms with Crippen LogP contribution in [0.2, 0.25) is 0 Å². The molecular formula is C11H10N4O2. The second kappa shape index (κ2) is 4.93. The number of nitrogens with two attached hydrogens (primary N) is 1. The number of hydrogen-bond acceptors (Lipinski definition) is 5. The summed E-state index contributed by atoms with van der Waals surface area (Å²) < 4.78 is 4.99. The smallest absolute Gasteiger partial charge is 0.410 e. The Morgan fingerprint density at radius 2 is 1.82 bits per heavy atom. The summed E-state index contributed by atoms with van der Waals surface area (Å²) in [6.45, 7) is 0. The molecule has 1 heterocycles. The second-order valence-electron chi connectivity index (χ2n) is 3.17. The number of amides is 1. The van der Waals surface area contributed by atoms with Crippen molar-refractivity contribution in [3.63, 3.8) is 0 Å². The Labute approximate surface area is 97.5 Å². The van der Waals surface area contributed by atoms with Crippen LogP contribution < -0.4 is 15.8 Å². The van der Waals surface area contributed by atoms with Crippen LogP contribution >= 0.6 is 0 Å². The molecule has 6 nitrogen and oxygen atoms in total. The molecule has 0 aliphatic heterocycles. The molecule has 0 radical (unpaired) electrons. The van der Waals surface area contributed by atoms with Crippen LogP contribution in [0, 0.1) is 0 Å². The molecule has 1 aromatic heterocycles. The molecule has 2 rings (SSSR count). The highest BCUT2D eigenvalue weighted by Crippen LogP contribution is 2.09. The molecule has 0 saturated heterocycles. The van der Waals surface area contributed by atoms with Crippen LogP contribution in [-0.4, -0.2) is 16.1 Å². The van der Waals surface area contributed by atoms with E-state index in [9.17, 15) is 4.79 Å². The zero-order valence-corrected chi connectivity index (χ0v) is 8.83. The first-order valence-corrected chi connectivity index (χ1v) is 4.85. The van der Waals surface area contributed by atoms with E-state index in [1.807, 2.05) is 6.07 Å². The van der Waals surface area contributed by atoms with Gasteiger partial charge in [0.2, 0.25) is 5.95 Å². The summed E-state index contributed by atoms with van der Waals surface area (Å²) in [6.07, 6.45) is 2.14. The molecule has 3 N–H and O–H groups in total. The van der Waals surface area contributed by atoms with Crippen LogP contribution in [0.5, 0.6) is 5.75 Å². The van der Waals surface area contributed by atoms with Gasteiger partial charge in [0.25, 0.3) is 0 Å². The van der Waals surface area contributed by atoms with Gasteiger partial charge in [0.15, 0.2) is 0 Å². The lowest BCUT2D eigenvalue weighted by Crippen LogP contribution is -2.18. The first kappa shape index (κ1) is 10.9. The number of nitrogens with zero attached hydrogens (tertiary/aromatic N) is 2. The predicted molar refractivity (Wildman–Crippen MR) is 62.5 cm³/mol. The van der Waals surface area contributed by atoms with Gasteiger partial charge in [-0.25, -0.2) is 14.8 Å². The Hall–Kier alpha value is -2.63.